The number of thiazole rings is 1. The molecule has 14 heavy (non-hydrogen) atoms. The molecule has 4 nitrogen and oxygen atoms in total. The summed E-state index contributed by atoms with van der Waals surface area (Å²) in [6.45, 7) is 1.47. The van der Waals surface area contributed by atoms with E-state index in [2.05, 4.69) is 15.3 Å². The van der Waals surface area contributed by atoms with Gasteiger partial charge in [-0.25, -0.2) is 4.98 Å². The van der Waals surface area contributed by atoms with Gasteiger partial charge in [0.05, 0.1) is 5.69 Å². The zero-order chi connectivity index (χ0) is 9.97. The smallest absolute Gasteiger partial charge is 0.222 e. The molecule has 0 aliphatic carbocycles. The van der Waals surface area contributed by atoms with Gasteiger partial charge in [-0.3, -0.25) is 4.79 Å². The molecule has 0 radical (unpaired) electrons. The number of carbonyl (C=O) groups excluding carboxylic acids is 1. The van der Waals surface area contributed by atoms with Crippen LogP contribution in [0.5, 0.6) is 0 Å². The van der Waals surface area contributed by atoms with E-state index in [0.717, 1.165) is 10.7 Å². The quantitative estimate of drug-likeness (QED) is 0.792. The lowest BCUT2D eigenvalue weighted by molar-refractivity contribution is -0.114. The summed E-state index contributed by atoms with van der Waals surface area (Å²) < 4.78 is 0. The van der Waals surface area contributed by atoms with E-state index in [1.54, 1.807) is 0 Å². The topological polar surface area (TPSA) is 57.8 Å². The number of aromatic amines is 1. The Kier molecular flexibility index (Phi) is 2.32. The number of carbonyl (C=O) groups is 1. The van der Waals surface area contributed by atoms with Crippen molar-refractivity contribution < 1.29 is 4.79 Å². The maximum atomic E-state index is 10.8. The van der Waals surface area contributed by atoms with Gasteiger partial charge in [-0.05, 0) is 12.1 Å². The van der Waals surface area contributed by atoms with Gasteiger partial charge in [0.2, 0.25) is 5.91 Å². The van der Waals surface area contributed by atoms with Gasteiger partial charge >= 0.3 is 0 Å². The molecule has 72 valence electrons. The van der Waals surface area contributed by atoms with Crippen molar-refractivity contribution in [1.82, 2.24) is 9.97 Å². The summed E-state index contributed by atoms with van der Waals surface area (Å²) in [4.78, 5) is 18.1. The summed E-state index contributed by atoms with van der Waals surface area (Å²) in [5.41, 5.74) is 0.964. The van der Waals surface area contributed by atoms with Crippen molar-refractivity contribution >= 4 is 23.1 Å². The maximum Gasteiger partial charge on any atom is 0.222 e. The molecular formula is C9H9N3OS. The average molecular weight is 207 g/mol. The lowest BCUT2D eigenvalue weighted by Gasteiger charge is -1.93. The summed E-state index contributed by atoms with van der Waals surface area (Å²) in [7, 11) is 0. The number of rotatable bonds is 2. The van der Waals surface area contributed by atoms with Crippen molar-refractivity contribution in [3.05, 3.63) is 23.7 Å². The molecule has 0 saturated carbocycles. The highest BCUT2D eigenvalue weighted by atomic mass is 32.1. The average Bonchev–Trinajstić information content (AvgIpc) is 2.69. The number of hydrogen-bond donors (Lipinski definition) is 2. The summed E-state index contributed by atoms with van der Waals surface area (Å²) in [5, 5.41) is 5.32. The monoisotopic (exact) mass is 207 g/mol. The Morgan fingerprint density at radius 2 is 2.50 bits per heavy atom. The first-order chi connectivity index (χ1) is 6.75. The van der Waals surface area contributed by atoms with Crippen molar-refractivity contribution in [2.75, 3.05) is 5.32 Å². The Morgan fingerprint density at radius 1 is 1.64 bits per heavy atom. The van der Waals surface area contributed by atoms with Crippen LogP contribution in [0.3, 0.4) is 0 Å². The van der Waals surface area contributed by atoms with Crippen LogP contribution >= 0.6 is 11.3 Å². The van der Waals surface area contributed by atoms with Gasteiger partial charge in [-0.15, -0.1) is 11.3 Å². The highest BCUT2D eigenvalue weighted by Crippen LogP contribution is 2.23. The van der Waals surface area contributed by atoms with Crippen LogP contribution in [0.1, 0.15) is 6.92 Å². The lowest BCUT2D eigenvalue weighted by atomic mass is 10.4. The lowest BCUT2D eigenvalue weighted by Crippen LogP contribution is -2.05. The fourth-order valence-corrected chi connectivity index (χ4v) is 1.84. The van der Waals surface area contributed by atoms with Crippen molar-refractivity contribution in [2.24, 2.45) is 0 Å². The molecule has 0 spiro atoms. The van der Waals surface area contributed by atoms with Crippen LogP contribution in [-0.4, -0.2) is 15.9 Å². The molecule has 2 aromatic heterocycles. The Bertz CT molecular complexity index is 433. The van der Waals surface area contributed by atoms with Crippen molar-refractivity contribution in [3.8, 4) is 10.7 Å². The van der Waals surface area contributed by atoms with E-state index >= 15 is 0 Å². The Labute approximate surface area is 85.0 Å². The van der Waals surface area contributed by atoms with Crippen molar-refractivity contribution in [3.63, 3.8) is 0 Å². The van der Waals surface area contributed by atoms with Crippen LogP contribution in [-0.2, 0) is 4.79 Å². The molecular weight excluding hydrogens is 198 g/mol. The summed E-state index contributed by atoms with van der Waals surface area (Å²) >= 11 is 1.49. The number of amides is 1. The third kappa shape index (κ3) is 1.82. The van der Waals surface area contributed by atoms with Gasteiger partial charge in [0.25, 0.3) is 0 Å². The number of nitrogens with one attached hydrogen (secondary N) is 2. The number of anilines is 1. The molecule has 0 fully saturated rings. The zero-order valence-electron chi connectivity index (χ0n) is 7.57. The van der Waals surface area contributed by atoms with E-state index in [9.17, 15) is 4.79 Å². The Morgan fingerprint density at radius 3 is 3.14 bits per heavy atom. The number of H-pyrrole nitrogens is 1. The normalized spacial score (nSPS) is 10.1. The maximum absolute atomic E-state index is 10.8. The van der Waals surface area contributed by atoms with E-state index < -0.39 is 0 Å². The fraction of sp³-hybridized carbons (Fsp3) is 0.111. The van der Waals surface area contributed by atoms with Crippen molar-refractivity contribution in [1.29, 1.82) is 0 Å². The van der Waals surface area contributed by atoms with E-state index in [1.165, 1.54) is 18.3 Å². The van der Waals surface area contributed by atoms with Crippen molar-refractivity contribution in [2.45, 2.75) is 6.92 Å². The molecule has 0 saturated heterocycles. The Hall–Kier alpha value is -1.62. The molecule has 2 aromatic rings. The van der Waals surface area contributed by atoms with Gasteiger partial charge in [0.1, 0.15) is 10.8 Å². The molecule has 5 heteroatoms. The third-order valence-electron chi connectivity index (χ3n) is 1.64. The van der Waals surface area contributed by atoms with Gasteiger partial charge in [-0.2, -0.15) is 0 Å². The van der Waals surface area contributed by atoms with Crippen LogP contribution in [0.2, 0.25) is 0 Å². The molecule has 0 aliphatic rings. The van der Waals surface area contributed by atoms with Gasteiger partial charge < -0.3 is 10.3 Å². The minimum atomic E-state index is -0.103. The predicted octanol–water partition coefficient (Wildman–Crippen LogP) is 2.10. The SMILES string of the molecule is CC(=O)Nc1csc(-c2ccc[nH]2)n1. The highest BCUT2D eigenvalue weighted by Gasteiger charge is 2.05. The minimum absolute atomic E-state index is 0.103. The molecule has 0 unspecified atom stereocenters. The zero-order valence-corrected chi connectivity index (χ0v) is 8.39. The molecule has 0 atom stereocenters. The van der Waals surface area contributed by atoms with Gasteiger partial charge in [0, 0.05) is 18.5 Å². The highest BCUT2D eigenvalue weighted by molar-refractivity contribution is 7.13. The van der Waals surface area contributed by atoms with Crippen LogP contribution in [0.15, 0.2) is 23.7 Å². The molecule has 0 aliphatic heterocycles. The summed E-state index contributed by atoms with van der Waals surface area (Å²) in [6, 6.07) is 3.85. The molecule has 1 amide bonds. The second-order valence-corrected chi connectivity index (χ2v) is 3.66. The number of hydrogen-bond acceptors (Lipinski definition) is 3. The van der Waals surface area contributed by atoms with Gasteiger partial charge in [-0.1, -0.05) is 0 Å². The number of nitrogens with zero attached hydrogens (tertiary/aromatic N) is 1. The van der Waals surface area contributed by atoms with Crippen LogP contribution in [0.4, 0.5) is 5.82 Å². The standard InChI is InChI=1S/C9H9N3OS/c1-6(13)11-8-5-14-9(12-8)7-3-2-4-10-7/h2-5,10H,1H3,(H,11,13). The molecule has 2 rings (SSSR count). The first-order valence-corrected chi connectivity index (χ1v) is 5.00. The first-order valence-electron chi connectivity index (χ1n) is 4.12. The largest absolute Gasteiger partial charge is 0.359 e. The van der Waals surface area contributed by atoms with E-state index in [-0.39, 0.29) is 5.91 Å². The summed E-state index contributed by atoms with van der Waals surface area (Å²) in [5.74, 6) is 0.500. The second-order valence-electron chi connectivity index (χ2n) is 2.80. The first kappa shape index (κ1) is 8.96. The Balaban J connectivity index is 2.22. The fourth-order valence-electron chi connectivity index (χ4n) is 1.10. The van der Waals surface area contributed by atoms with E-state index in [4.69, 9.17) is 0 Å². The van der Waals surface area contributed by atoms with Gasteiger partial charge in [0.15, 0.2) is 0 Å². The second kappa shape index (κ2) is 3.63. The minimum Gasteiger partial charge on any atom is -0.359 e. The molecule has 0 bridgehead atoms. The predicted molar refractivity (Wildman–Crippen MR) is 56.2 cm³/mol. The summed E-state index contributed by atoms with van der Waals surface area (Å²) in [6.07, 6.45) is 1.84. The number of aromatic nitrogens is 2. The molecule has 2 N–H and O–H groups in total. The van der Waals surface area contributed by atoms with Crippen LogP contribution < -0.4 is 5.32 Å². The third-order valence-corrected chi connectivity index (χ3v) is 2.51. The van der Waals surface area contributed by atoms with E-state index in [0.29, 0.717) is 5.82 Å². The van der Waals surface area contributed by atoms with Crippen LogP contribution in [0.25, 0.3) is 10.7 Å². The molecule has 2 heterocycles. The molecule has 0 aromatic carbocycles. The van der Waals surface area contributed by atoms with Crippen LogP contribution in [0, 0.1) is 0 Å². The van der Waals surface area contributed by atoms with E-state index in [1.807, 2.05) is 23.7 Å².